The van der Waals surface area contributed by atoms with Crippen molar-refractivity contribution >= 4 is 21.6 Å². The highest BCUT2D eigenvalue weighted by molar-refractivity contribution is 7.20. The van der Waals surface area contributed by atoms with Crippen LogP contribution in [0.4, 0.5) is 0 Å². The van der Waals surface area contributed by atoms with Crippen LogP contribution in [0.25, 0.3) is 10.2 Å². The molecule has 0 unspecified atom stereocenters. The lowest BCUT2D eigenvalue weighted by molar-refractivity contribution is 0.170. The molecule has 0 saturated carbocycles. The van der Waals surface area contributed by atoms with Gasteiger partial charge in [0.15, 0.2) is 5.82 Å². The number of aromatic nitrogens is 5. The summed E-state index contributed by atoms with van der Waals surface area (Å²) in [6, 6.07) is 17.8. The summed E-state index contributed by atoms with van der Waals surface area (Å²) in [7, 11) is 0. The Kier molecular flexibility index (Phi) is 6.93. The van der Waals surface area contributed by atoms with Crippen molar-refractivity contribution in [3.05, 3.63) is 54.4 Å². The molecule has 0 bridgehead atoms. The van der Waals surface area contributed by atoms with E-state index in [2.05, 4.69) is 31.5 Å². The predicted octanol–water partition coefficient (Wildman–Crippen LogP) is 4.25. The number of fused-ring (bicyclic) bond motifs is 1. The zero-order valence-corrected chi connectivity index (χ0v) is 19.5. The van der Waals surface area contributed by atoms with Crippen molar-refractivity contribution in [2.24, 2.45) is 0 Å². The van der Waals surface area contributed by atoms with Crippen LogP contribution in [-0.2, 0) is 6.54 Å². The number of piperidine rings is 1. The Morgan fingerprint density at radius 2 is 1.82 bits per heavy atom. The number of rotatable bonds is 9. The fourth-order valence-corrected chi connectivity index (χ4v) is 4.96. The normalized spacial score (nSPS) is 14.8. The summed E-state index contributed by atoms with van der Waals surface area (Å²) >= 11 is 1.53. The van der Waals surface area contributed by atoms with Crippen LogP contribution in [0.15, 0.2) is 48.5 Å². The van der Waals surface area contributed by atoms with Crippen LogP contribution in [-0.4, -0.2) is 56.3 Å². The number of tetrazole rings is 1. The monoisotopic (exact) mass is 475 g/mol. The van der Waals surface area contributed by atoms with E-state index < -0.39 is 0 Å². The largest absolute Gasteiger partial charge is 0.492 e. The van der Waals surface area contributed by atoms with Crippen LogP contribution in [0, 0.1) is 11.3 Å². The van der Waals surface area contributed by atoms with Crippen molar-refractivity contribution < 1.29 is 9.47 Å². The highest BCUT2D eigenvalue weighted by Crippen LogP contribution is 2.31. The molecule has 5 rings (SSSR count). The van der Waals surface area contributed by atoms with Crippen molar-refractivity contribution in [3.8, 4) is 22.8 Å². The molecule has 0 radical (unpaired) electrons. The van der Waals surface area contributed by atoms with E-state index in [0.717, 1.165) is 60.0 Å². The van der Waals surface area contributed by atoms with E-state index in [1.165, 1.54) is 11.3 Å². The second-order valence-electron chi connectivity index (χ2n) is 8.15. The van der Waals surface area contributed by atoms with E-state index in [0.29, 0.717) is 30.7 Å². The van der Waals surface area contributed by atoms with Gasteiger partial charge >= 0.3 is 0 Å². The molecule has 3 heterocycles. The molecule has 1 aliphatic rings. The van der Waals surface area contributed by atoms with Crippen LogP contribution in [0.1, 0.15) is 31.0 Å². The Morgan fingerprint density at radius 1 is 1.03 bits per heavy atom. The Morgan fingerprint density at radius 3 is 2.62 bits per heavy atom. The molecular weight excluding hydrogens is 450 g/mol. The van der Waals surface area contributed by atoms with Crippen LogP contribution < -0.4 is 9.47 Å². The SMILES string of the molecule is N#CCCn1nnnc1C1CCN(CCOc2ccc(Oc3nc4ccccc4s3)cc2)CC1. The van der Waals surface area contributed by atoms with Crippen molar-refractivity contribution in [1.82, 2.24) is 30.1 Å². The zero-order chi connectivity index (χ0) is 23.2. The highest BCUT2D eigenvalue weighted by Gasteiger charge is 2.25. The van der Waals surface area contributed by atoms with Crippen molar-refractivity contribution in [1.29, 1.82) is 5.26 Å². The topological polar surface area (TPSA) is 102 Å². The summed E-state index contributed by atoms with van der Waals surface area (Å²) in [5.74, 6) is 2.81. The summed E-state index contributed by atoms with van der Waals surface area (Å²) in [4.78, 5) is 6.91. The minimum absolute atomic E-state index is 0.342. The van der Waals surface area contributed by atoms with Gasteiger partial charge in [0, 0.05) is 12.5 Å². The van der Waals surface area contributed by atoms with Crippen LogP contribution in [0.2, 0.25) is 0 Å². The molecule has 0 spiro atoms. The molecule has 1 aliphatic heterocycles. The molecule has 1 fully saturated rings. The molecule has 174 valence electrons. The summed E-state index contributed by atoms with van der Waals surface area (Å²) in [5, 5.41) is 21.5. The average molecular weight is 476 g/mol. The van der Waals surface area contributed by atoms with Gasteiger partial charge in [0.05, 0.1) is 29.3 Å². The molecule has 0 aliphatic carbocycles. The third-order valence-corrected chi connectivity index (χ3v) is 6.84. The first-order chi connectivity index (χ1) is 16.8. The van der Waals surface area contributed by atoms with Gasteiger partial charge in [-0.3, -0.25) is 4.90 Å². The lowest BCUT2D eigenvalue weighted by Crippen LogP contribution is -2.36. The number of hydrogen-bond donors (Lipinski definition) is 0. The summed E-state index contributed by atoms with van der Waals surface area (Å²) in [5.41, 5.74) is 0.948. The Labute approximate surface area is 201 Å². The van der Waals surface area contributed by atoms with Gasteiger partial charge in [-0.15, -0.1) is 5.10 Å². The summed E-state index contributed by atoms with van der Waals surface area (Å²) in [6.45, 7) is 4.01. The average Bonchev–Trinajstić information content (AvgIpc) is 3.51. The number of ether oxygens (including phenoxy) is 2. The number of aryl methyl sites for hydroxylation is 1. The third-order valence-electron chi connectivity index (χ3n) is 5.93. The maximum absolute atomic E-state index is 8.81. The van der Waals surface area contributed by atoms with Crippen LogP contribution in [0.3, 0.4) is 0 Å². The molecule has 2 aromatic heterocycles. The maximum atomic E-state index is 8.81. The van der Waals surface area contributed by atoms with Gasteiger partial charge in [-0.05, 0) is 72.8 Å². The van der Waals surface area contributed by atoms with E-state index >= 15 is 0 Å². The molecule has 1 saturated heterocycles. The molecule has 10 heteroatoms. The van der Waals surface area contributed by atoms with E-state index in [1.54, 1.807) is 4.68 Å². The molecule has 4 aromatic rings. The first-order valence-corrected chi connectivity index (χ1v) is 12.2. The number of nitrogens with zero attached hydrogens (tertiary/aromatic N) is 7. The van der Waals surface area contributed by atoms with E-state index in [4.69, 9.17) is 14.7 Å². The minimum atomic E-state index is 0.342. The van der Waals surface area contributed by atoms with Gasteiger partial charge in [-0.2, -0.15) is 5.26 Å². The Balaban J connectivity index is 1.05. The first kappa shape index (κ1) is 22.3. The predicted molar refractivity (Wildman–Crippen MR) is 128 cm³/mol. The van der Waals surface area contributed by atoms with Gasteiger partial charge in [0.1, 0.15) is 18.1 Å². The highest BCUT2D eigenvalue weighted by atomic mass is 32.1. The van der Waals surface area contributed by atoms with Gasteiger partial charge < -0.3 is 9.47 Å². The smallest absolute Gasteiger partial charge is 0.279 e. The van der Waals surface area contributed by atoms with Gasteiger partial charge in [0.25, 0.3) is 5.19 Å². The third kappa shape index (κ3) is 5.32. The standard InChI is InChI=1S/C24H25N7O2S/c25-12-3-13-31-23(27-28-29-31)18-10-14-30(15-11-18)16-17-32-19-6-8-20(9-7-19)33-24-26-21-4-1-2-5-22(21)34-24/h1-2,4-9,18H,3,10-11,13-17H2. The first-order valence-electron chi connectivity index (χ1n) is 11.4. The number of likely N-dealkylation sites (tertiary alicyclic amines) is 1. The van der Waals surface area contributed by atoms with E-state index in [1.807, 2.05) is 48.5 Å². The van der Waals surface area contributed by atoms with Gasteiger partial charge in [-0.1, -0.05) is 23.5 Å². The fraction of sp³-hybridized carbons (Fsp3) is 0.375. The summed E-state index contributed by atoms with van der Waals surface area (Å²) in [6.07, 6.45) is 2.43. The number of nitriles is 1. The molecular formula is C24H25N7O2S. The Bertz CT molecular complexity index is 1220. The molecule has 9 nitrogen and oxygen atoms in total. The van der Waals surface area contributed by atoms with Crippen molar-refractivity contribution in [3.63, 3.8) is 0 Å². The number of hydrogen-bond acceptors (Lipinski definition) is 9. The van der Waals surface area contributed by atoms with Gasteiger partial charge in [0.2, 0.25) is 0 Å². The lowest BCUT2D eigenvalue weighted by Gasteiger charge is -2.31. The van der Waals surface area contributed by atoms with Crippen LogP contribution in [0.5, 0.6) is 16.7 Å². The van der Waals surface area contributed by atoms with E-state index in [9.17, 15) is 0 Å². The minimum Gasteiger partial charge on any atom is -0.492 e. The quantitative estimate of drug-likeness (QED) is 0.354. The second-order valence-corrected chi connectivity index (χ2v) is 9.15. The Hall–Kier alpha value is -3.55. The molecule has 0 N–H and O–H groups in total. The second kappa shape index (κ2) is 10.6. The molecule has 34 heavy (non-hydrogen) atoms. The summed E-state index contributed by atoms with van der Waals surface area (Å²) < 4.78 is 14.7. The number of benzene rings is 2. The van der Waals surface area contributed by atoms with Crippen molar-refractivity contribution in [2.45, 2.75) is 31.7 Å². The lowest BCUT2D eigenvalue weighted by atomic mass is 9.96. The fourth-order valence-electron chi connectivity index (χ4n) is 4.13. The zero-order valence-electron chi connectivity index (χ0n) is 18.7. The molecule has 0 amide bonds. The van der Waals surface area contributed by atoms with Crippen LogP contribution >= 0.6 is 11.3 Å². The van der Waals surface area contributed by atoms with E-state index in [-0.39, 0.29) is 0 Å². The molecule has 2 aromatic carbocycles. The molecule has 0 atom stereocenters. The maximum Gasteiger partial charge on any atom is 0.279 e. The van der Waals surface area contributed by atoms with Crippen molar-refractivity contribution in [2.75, 3.05) is 26.2 Å². The number of para-hydroxylation sites is 1. The number of thiazole rings is 1. The van der Waals surface area contributed by atoms with Gasteiger partial charge in [-0.25, -0.2) is 9.67 Å².